The molecule has 2 heterocycles. The van der Waals surface area contributed by atoms with Gasteiger partial charge >= 0.3 is 5.97 Å². The summed E-state index contributed by atoms with van der Waals surface area (Å²) in [6, 6.07) is 8.08. The Morgan fingerprint density at radius 3 is 2.59 bits per heavy atom. The third-order valence-corrected chi connectivity index (χ3v) is 6.47. The van der Waals surface area contributed by atoms with Crippen molar-refractivity contribution in [3.63, 3.8) is 0 Å². The number of hydrogen-bond donors (Lipinski definition) is 1. The van der Waals surface area contributed by atoms with E-state index in [0.717, 1.165) is 49.4 Å². The number of piperidine rings is 1. The largest absolute Gasteiger partial charge is 0.497 e. The first-order valence-electron chi connectivity index (χ1n) is 9.95. The Morgan fingerprint density at radius 1 is 1.28 bits per heavy atom. The molecule has 29 heavy (non-hydrogen) atoms. The van der Waals surface area contributed by atoms with Gasteiger partial charge in [0, 0.05) is 24.0 Å². The Morgan fingerprint density at radius 2 is 2.00 bits per heavy atom. The first-order valence-corrected chi connectivity index (χ1v) is 10.8. The van der Waals surface area contributed by atoms with Crippen LogP contribution in [-0.2, 0) is 4.79 Å². The number of thiophene rings is 1. The van der Waals surface area contributed by atoms with E-state index in [-0.39, 0.29) is 5.92 Å². The Bertz CT molecular complexity index is 851. The molecule has 1 saturated heterocycles. The minimum atomic E-state index is -0.677. The van der Waals surface area contributed by atoms with Crippen LogP contribution < -0.4 is 9.47 Å². The fourth-order valence-corrected chi connectivity index (χ4v) is 4.80. The third-order valence-electron chi connectivity index (χ3n) is 5.42. The minimum absolute atomic E-state index is 0.241. The summed E-state index contributed by atoms with van der Waals surface area (Å²) in [5.41, 5.74) is 3.47. The SMILES string of the molecule is COc1cc(OC)cc(/C(=C/CCN2CCCC(C(=O)O)C2)c2sccc2C)c1. The number of carboxylic acids is 1. The summed E-state index contributed by atoms with van der Waals surface area (Å²) in [4.78, 5) is 14.8. The molecule has 0 amide bonds. The maximum absolute atomic E-state index is 11.3. The molecule has 0 radical (unpaired) electrons. The van der Waals surface area contributed by atoms with Gasteiger partial charge in [0.15, 0.2) is 0 Å². The molecule has 0 bridgehead atoms. The van der Waals surface area contributed by atoms with Gasteiger partial charge in [0.2, 0.25) is 0 Å². The molecule has 1 aliphatic rings. The standard InChI is InChI=1S/C23H29NO4S/c1-16-8-11-29-22(16)21(18-12-19(27-2)14-20(13-18)28-3)7-5-10-24-9-4-6-17(15-24)23(25)26/h7-8,11-14,17H,4-6,9-10,15H2,1-3H3,(H,25,26)/b21-7-. The Hall–Kier alpha value is -2.31. The van der Waals surface area contributed by atoms with Crippen LogP contribution in [0.1, 0.15) is 35.3 Å². The second kappa shape index (κ2) is 9.94. The minimum Gasteiger partial charge on any atom is -0.497 e. The van der Waals surface area contributed by atoms with Gasteiger partial charge in [-0.3, -0.25) is 4.79 Å². The molecule has 1 aromatic carbocycles. The summed E-state index contributed by atoms with van der Waals surface area (Å²) in [5.74, 6) is 0.609. The van der Waals surface area contributed by atoms with E-state index in [4.69, 9.17) is 9.47 Å². The van der Waals surface area contributed by atoms with Crippen molar-refractivity contribution < 1.29 is 19.4 Å². The number of hydrogen-bond acceptors (Lipinski definition) is 5. The maximum Gasteiger partial charge on any atom is 0.307 e. The molecule has 1 atom stereocenters. The highest BCUT2D eigenvalue weighted by molar-refractivity contribution is 7.11. The lowest BCUT2D eigenvalue weighted by atomic mass is 9.97. The van der Waals surface area contributed by atoms with Gasteiger partial charge in [-0.15, -0.1) is 11.3 Å². The fourth-order valence-electron chi connectivity index (χ4n) is 3.80. The molecule has 0 spiro atoms. The normalized spacial score (nSPS) is 17.9. The predicted molar refractivity (Wildman–Crippen MR) is 117 cm³/mol. The van der Waals surface area contributed by atoms with E-state index in [0.29, 0.717) is 6.54 Å². The summed E-state index contributed by atoms with van der Waals surface area (Å²) in [5, 5.41) is 11.4. The molecular formula is C23H29NO4S. The van der Waals surface area contributed by atoms with Gasteiger partial charge in [-0.2, -0.15) is 0 Å². The number of carboxylic acid groups (broad SMARTS) is 1. The van der Waals surface area contributed by atoms with Crippen LogP contribution >= 0.6 is 11.3 Å². The summed E-state index contributed by atoms with van der Waals surface area (Å²) in [6.07, 6.45) is 4.85. The van der Waals surface area contributed by atoms with E-state index in [1.807, 2.05) is 18.2 Å². The van der Waals surface area contributed by atoms with Gasteiger partial charge in [-0.25, -0.2) is 0 Å². The summed E-state index contributed by atoms with van der Waals surface area (Å²) in [7, 11) is 3.32. The van der Waals surface area contributed by atoms with Gasteiger partial charge in [-0.05, 0) is 73.0 Å². The monoisotopic (exact) mass is 415 g/mol. The number of methoxy groups -OCH3 is 2. The van der Waals surface area contributed by atoms with Crippen LogP contribution in [0.25, 0.3) is 5.57 Å². The maximum atomic E-state index is 11.3. The summed E-state index contributed by atoms with van der Waals surface area (Å²) in [6.45, 7) is 4.60. The van der Waals surface area contributed by atoms with Crippen molar-refractivity contribution in [2.45, 2.75) is 26.2 Å². The first-order chi connectivity index (χ1) is 14.0. The molecule has 1 fully saturated rings. The zero-order valence-electron chi connectivity index (χ0n) is 17.3. The summed E-state index contributed by atoms with van der Waals surface area (Å²) >= 11 is 1.73. The van der Waals surface area contributed by atoms with Crippen molar-refractivity contribution in [3.05, 3.63) is 51.7 Å². The third kappa shape index (κ3) is 5.40. The molecule has 6 heteroatoms. The molecule has 0 saturated carbocycles. The highest BCUT2D eigenvalue weighted by Gasteiger charge is 2.24. The highest BCUT2D eigenvalue weighted by atomic mass is 32.1. The van der Waals surface area contributed by atoms with Crippen LogP contribution in [0.3, 0.4) is 0 Å². The van der Waals surface area contributed by atoms with Crippen molar-refractivity contribution in [2.24, 2.45) is 5.92 Å². The van der Waals surface area contributed by atoms with Crippen molar-refractivity contribution in [1.82, 2.24) is 4.90 Å². The average molecular weight is 416 g/mol. The smallest absolute Gasteiger partial charge is 0.307 e. The van der Waals surface area contributed by atoms with Gasteiger partial charge in [-0.1, -0.05) is 6.08 Å². The van der Waals surface area contributed by atoms with Crippen LogP contribution in [0.15, 0.2) is 35.7 Å². The molecular weight excluding hydrogens is 386 g/mol. The predicted octanol–water partition coefficient (Wildman–Crippen LogP) is 4.69. The fraction of sp³-hybridized carbons (Fsp3) is 0.435. The van der Waals surface area contributed by atoms with Gasteiger partial charge in [0.1, 0.15) is 11.5 Å². The van der Waals surface area contributed by atoms with E-state index in [9.17, 15) is 9.90 Å². The van der Waals surface area contributed by atoms with Crippen LogP contribution in [0.5, 0.6) is 11.5 Å². The number of aliphatic carboxylic acids is 1. The highest BCUT2D eigenvalue weighted by Crippen LogP contribution is 2.35. The quantitative estimate of drug-likeness (QED) is 0.678. The second-order valence-electron chi connectivity index (χ2n) is 7.42. The van der Waals surface area contributed by atoms with Crippen molar-refractivity contribution in [2.75, 3.05) is 33.9 Å². The van der Waals surface area contributed by atoms with Gasteiger partial charge in [0.05, 0.1) is 20.1 Å². The Labute approximate surface area is 176 Å². The van der Waals surface area contributed by atoms with Crippen molar-refractivity contribution in [3.8, 4) is 11.5 Å². The van der Waals surface area contributed by atoms with Crippen LogP contribution in [0, 0.1) is 12.8 Å². The second-order valence-corrected chi connectivity index (χ2v) is 8.33. The number of rotatable bonds is 8. The lowest BCUT2D eigenvalue weighted by Crippen LogP contribution is -2.39. The number of aryl methyl sites for hydroxylation is 1. The average Bonchev–Trinajstić information content (AvgIpc) is 3.16. The lowest BCUT2D eigenvalue weighted by molar-refractivity contribution is -0.143. The van der Waals surface area contributed by atoms with Crippen molar-refractivity contribution >= 4 is 22.9 Å². The van der Waals surface area contributed by atoms with E-state index in [2.05, 4.69) is 29.3 Å². The molecule has 2 aromatic rings. The zero-order valence-corrected chi connectivity index (χ0v) is 18.1. The molecule has 0 aliphatic carbocycles. The number of carbonyl (C=O) groups is 1. The van der Waals surface area contributed by atoms with Crippen molar-refractivity contribution in [1.29, 1.82) is 0 Å². The zero-order chi connectivity index (χ0) is 20.8. The van der Waals surface area contributed by atoms with Crippen LogP contribution in [0.4, 0.5) is 0 Å². The van der Waals surface area contributed by atoms with Crippen LogP contribution in [-0.4, -0.2) is 49.8 Å². The molecule has 156 valence electrons. The molecule has 5 nitrogen and oxygen atoms in total. The Kier molecular flexibility index (Phi) is 7.34. The van der Waals surface area contributed by atoms with Crippen LogP contribution in [0.2, 0.25) is 0 Å². The molecule has 1 N–H and O–H groups in total. The molecule has 1 unspecified atom stereocenters. The van der Waals surface area contributed by atoms with E-state index in [1.165, 1.54) is 16.0 Å². The number of nitrogens with zero attached hydrogens (tertiary/aromatic N) is 1. The Balaban J connectivity index is 1.83. The van der Waals surface area contributed by atoms with E-state index >= 15 is 0 Å². The van der Waals surface area contributed by atoms with E-state index in [1.54, 1.807) is 25.6 Å². The van der Waals surface area contributed by atoms with Gasteiger partial charge in [0.25, 0.3) is 0 Å². The molecule has 1 aromatic heterocycles. The first kappa shape index (κ1) is 21.4. The summed E-state index contributed by atoms with van der Waals surface area (Å²) < 4.78 is 10.9. The van der Waals surface area contributed by atoms with E-state index < -0.39 is 5.97 Å². The number of likely N-dealkylation sites (tertiary alicyclic amines) is 1. The number of benzene rings is 1. The lowest BCUT2D eigenvalue weighted by Gasteiger charge is -2.30. The molecule has 3 rings (SSSR count). The topological polar surface area (TPSA) is 59.0 Å². The number of ether oxygens (including phenoxy) is 2. The molecule has 1 aliphatic heterocycles. The van der Waals surface area contributed by atoms with Gasteiger partial charge < -0.3 is 19.5 Å².